The molecule has 1 aliphatic carbocycles. The Morgan fingerprint density at radius 2 is 2.17 bits per heavy atom. The van der Waals surface area contributed by atoms with Crippen molar-refractivity contribution in [2.45, 2.75) is 45.3 Å². The Morgan fingerprint density at radius 1 is 1.44 bits per heavy atom. The zero-order valence-corrected chi connectivity index (χ0v) is 11.0. The molecule has 0 spiro atoms. The molecule has 0 bridgehead atoms. The fourth-order valence-corrected chi connectivity index (χ4v) is 2.41. The number of halogens is 1. The highest BCUT2D eigenvalue weighted by molar-refractivity contribution is 5.27. The highest BCUT2D eigenvalue weighted by Crippen LogP contribution is 2.36. The Bertz CT molecular complexity index is 401. The maximum atomic E-state index is 13.0. The monoisotopic (exact) mass is 252 g/mol. The molecule has 0 aromatic heterocycles. The molecular formula is C15H21FO2. The summed E-state index contributed by atoms with van der Waals surface area (Å²) in [5, 5.41) is 10.3. The van der Waals surface area contributed by atoms with Gasteiger partial charge in [-0.15, -0.1) is 0 Å². The zero-order chi connectivity index (χ0) is 13.1. The summed E-state index contributed by atoms with van der Waals surface area (Å²) in [7, 11) is 0. The van der Waals surface area contributed by atoms with E-state index in [9.17, 15) is 9.50 Å². The molecule has 1 aromatic carbocycles. The predicted molar refractivity (Wildman–Crippen MR) is 69.0 cm³/mol. The van der Waals surface area contributed by atoms with E-state index in [1.807, 2.05) is 13.8 Å². The molecule has 0 saturated heterocycles. The van der Waals surface area contributed by atoms with Crippen molar-refractivity contribution in [3.8, 4) is 0 Å². The zero-order valence-electron chi connectivity index (χ0n) is 11.0. The molecule has 2 rings (SSSR count). The third-order valence-corrected chi connectivity index (χ3v) is 3.56. The molecule has 1 saturated carbocycles. The van der Waals surface area contributed by atoms with E-state index in [1.165, 1.54) is 12.1 Å². The highest BCUT2D eigenvalue weighted by Gasteiger charge is 2.36. The van der Waals surface area contributed by atoms with Crippen molar-refractivity contribution in [3.63, 3.8) is 0 Å². The normalized spacial score (nSPS) is 18.7. The lowest BCUT2D eigenvalue weighted by molar-refractivity contribution is -0.0440. The molecule has 0 amide bonds. The minimum atomic E-state index is -0.499. The number of benzene rings is 1. The molecule has 1 N–H and O–H groups in total. The van der Waals surface area contributed by atoms with Gasteiger partial charge in [0.1, 0.15) is 5.82 Å². The van der Waals surface area contributed by atoms with Crippen LogP contribution in [0.2, 0.25) is 0 Å². The van der Waals surface area contributed by atoms with Gasteiger partial charge in [-0.2, -0.15) is 0 Å². The molecule has 2 unspecified atom stereocenters. The number of aliphatic hydroxyl groups is 1. The molecule has 100 valence electrons. The Hall–Kier alpha value is -0.930. The number of aliphatic hydroxyl groups excluding tert-OH is 1. The summed E-state index contributed by atoms with van der Waals surface area (Å²) in [5.41, 5.74) is 1.88. The largest absolute Gasteiger partial charge is 0.390 e. The van der Waals surface area contributed by atoms with Crippen molar-refractivity contribution in [3.05, 3.63) is 35.1 Å². The molecule has 18 heavy (non-hydrogen) atoms. The third-order valence-electron chi connectivity index (χ3n) is 3.56. The van der Waals surface area contributed by atoms with Crippen LogP contribution < -0.4 is 0 Å². The number of hydrogen-bond donors (Lipinski definition) is 1. The Morgan fingerprint density at radius 3 is 2.72 bits per heavy atom. The molecular weight excluding hydrogens is 231 g/mol. The first-order valence-corrected chi connectivity index (χ1v) is 6.66. The first kappa shape index (κ1) is 13.5. The van der Waals surface area contributed by atoms with Crippen LogP contribution in [0.25, 0.3) is 0 Å². The van der Waals surface area contributed by atoms with Gasteiger partial charge in [-0.25, -0.2) is 4.39 Å². The lowest BCUT2D eigenvalue weighted by Crippen LogP contribution is -2.33. The van der Waals surface area contributed by atoms with E-state index in [0.717, 1.165) is 24.0 Å². The van der Waals surface area contributed by atoms with E-state index in [2.05, 4.69) is 0 Å². The lowest BCUT2D eigenvalue weighted by atomic mass is 9.97. The maximum Gasteiger partial charge on any atom is 0.123 e. The van der Waals surface area contributed by atoms with E-state index >= 15 is 0 Å². The van der Waals surface area contributed by atoms with E-state index in [1.54, 1.807) is 6.07 Å². The smallest absolute Gasteiger partial charge is 0.123 e. The van der Waals surface area contributed by atoms with Crippen LogP contribution in [0.5, 0.6) is 0 Å². The standard InChI is InChI=1S/C15H21FO2/c1-3-18-15(11-4-5-11)14(17)9-12-6-7-13(16)8-10(12)2/h6-8,11,14-15,17H,3-5,9H2,1-2H3. The summed E-state index contributed by atoms with van der Waals surface area (Å²) >= 11 is 0. The average Bonchev–Trinajstić information content (AvgIpc) is 3.13. The fourth-order valence-electron chi connectivity index (χ4n) is 2.41. The summed E-state index contributed by atoms with van der Waals surface area (Å²) in [6.45, 7) is 4.45. The minimum Gasteiger partial charge on any atom is -0.390 e. The van der Waals surface area contributed by atoms with Crippen LogP contribution in [0.4, 0.5) is 4.39 Å². The first-order valence-electron chi connectivity index (χ1n) is 6.66. The van der Waals surface area contributed by atoms with Gasteiger partial charge < -0.3 is 9.84 Å². The number of hydrogen-bond acceptors (Lipinski definition) is 2. The van der Waals surface area contributed by atoms with Gasteiger partial charge in [0.2, 0.25) is 0 Å². The molecule has 0 aliphatic heterocycles. The van der Waals surface area contributed by atoms with Gasteiger partial charge in [-0.05, 0) is 55.9 Å². The molecule has 2 nitrogen and oxygen atoms in total. The SMILES string of the molecule is CCOC(C(O)Cc1ccc(F)cc1C)C1CC1. The topological polar surface area (TPSA) is 29.5 Å². The van der Waals surface area contributed by atoms with Crippen molar-refractivity contribution in [1.29, 1.82) is 0 Å². The van der Waals surface area contributed by atoms with Gasteiger partial charge in [0.25, 0.3) is 0 Å². The second kappa shape index (κ2) is 5.81. The second-order valence-electron chi connectivity index (χ2n) is 5.10. The lowest BCUT2D eigenvalue weighted by Gasteiger charge is -2.23. The summed E-state index contributed by atoms with van der Waals surface area (Å²) in [6, 6.07) is 4.71. The van der Waals surface area contributed by atoms with E-state index in [-0.39, 0.29) is 11.9 Å². The predicted octanol–water partition coefficient (Wildman–Crippen LogP) is 2.85. The van der Waals surface area contributed by atoms with E-state index in [4.69, 9.17) is 4.74 Å². The van der Waals surface area contributed by atoms with Crippen LogP contribution in [-0.4, -0.2) is 23.9 Å². The molecule has 1 aromatic rings. The van der Waals surface area contributed by atoms with E-state index < -0.39 is 6.10 Å². The van der Waals surface area contributed by atoms with Crippen molar-refractivity contribution in [2.75, 3.05) is 6.61 Å². The molecule has 1 fully saturated rings. The van der Waals surface area contributed by atoms with Gasteiger partial charge >= 0.3 is 0 Å². The van der Waals surface area contributed by atoms with Crippen molar-refractivity contribution >= 4 is 0 Å². The number of rotatable bonds is 6. The Balaban J connectivity index is 2.02. The van der Waals surface area contributed by atoms with Crippen LogP contribution in [0, 0.1) is 18.7 Å². The number of ether oxygens (including phenoxy) is 1. The van der Waals surface area contributed by atoms with Crippen molar-refractivity contribution < 1.29 is 14.2 Å². The van der Waals surface area contributed by atoms with Crippen LogP contribution in [0.3, 0.4) is 0 Å². The third kappa shape index (κ3) is 3.30. The van der Waals surface area contributed by atoms with Crippen LogP contribution in [0.1, 0.15) is 30.9 Å². The van der Waals surface area contributed by atoms with Crippen molar-refractivity contribution in [2.24, 2.45) is 5.92 Å². The molecule has 3 heteroatoms. The number of aryl methyl sites for hydroxylation is 1. The van der Waals surface area contributed by atoms with Gasteiger partial charge in [0.05, 0.1) is 12.2 Å². The fraction of sp³-hybridized carbons (Fsp3) is 0.600. The van der Waals surface area contributed by atoms with Gasteiger partial charge in [-0.1, -0.05) is 6.07 Å². The summed E-state index contributed by atoms with van der Waals surface area (Å²) in [5.74, 6) is 0.273. The second-order valence-corrected chi connectivity index (χ2v) is 5.10. The molecule has 1 aliphatic rings. The first-order chi connectivity index (χ1) is 8.61. The average molecular weight is 252 g/mol. The van der Waals surface area contributed by atoms with Crippen LogP contribution >= 0.6 is 0 Å². The van der Waals surface area contributed by atoms with Crippen LogP contribution in [0.15, 0.2) is 18.2 Å². The molecule has 0 heterocycles. The minimum absolute atomic E-state index is 0.0700. The quantitative estimate of drug-likeness (QED) is 0.843. The summed E-state index contributed by atoms with van der Waals surface area (Å²) < 4.78 is 18.7. The van der Waals surface area contributed by atoms with Gasteiger partial charge in [-0.3, -0.25) is 0 Å². The highest BCUT2D eigenvalue weighted by atomic mass is 19.1. The Kier molecular flexibility index (Phi) is 4.36. The summed E-state index contributed by atoms with van der Waals surface area (Å²) in [6.07, 6.45) is 2.25. The van der Waals surface area contributed by atoms with Gasteiger partial charge in [0, 0.05) is 13.0 Å². The van der Waals surface area contributed by atoms with Crippen LogP contribution in [-0.2, 0) is 11.2 Å². The maximum absolute atomic E-state index is 13.0. The van der Waals surface area contributed by atoms with E-state index in [0.29, 0.717) is 18.9 Å². The van der Waals surface area contributed by atoms with Gasteiger partial charge in [0.15, 0.2) is 0 Å². The Labute approximate surface area is 108 Å². The molecule has 2 atom stereocenters. The van der Waals surface area contributed by atoms with Crippen molar-refractivity contribution in [1.82, 2.24) is 0 Å². The molecule has 0 radical (unpaired) electrons. The summed E-state index contributed by atoms with van der Waals surface area (Å²) in [4.78, 5) is 0.